The van der Waals surface area contributed by atoms with E-state index in [0.717, 1.165) is 37.9 Å². The molecule has 1 aromatic rings. The fourth-order valence-electron chi connectivity index (χ4n) is 4.07. The van der Waals surface area contributed by atoms with Crippen LogP contribution in [0.5, 0.6) is 0 Å². The minimum atomic E-state index is -2.42. The average Bonchev–Trinajstić information content (AvgIpc) is 3.16. The van der Waals surface area contributed by atoms with Crippen molar-refractivity contribution in [1.29, 1.82) is 0 Å². The van der Waals surface area contributed by atoms with E-state index >= 15 is 0 Å². The van der Waals surface area contributed by atoms with Gasteiger partial charge in [-0.3, -0.25) is 4.79 Å². The molecule has 0 aromatic heterocycles. The van der Waals surface area contributed by atoms with E-state index in [9.17, 15) is 15.0 Å². The summed E-state index contributed by atoms with van der Waals surface area (Å²) in [5, 5.41) is 18.9. The normalized spacial score (nSPS) is 20.3. The average molecular weight is 402 g/mol. The molecular weight excluding hydrogens is 366 g/mol. The summed E-state index contributed by atoms with van der Waals surface area (Å²) in [5.41, 5.74) is 6.32. The Balaban J connectivity index is 1.79. The van der Waals surface area contributed by atoms with Crippen LogP contribution in [0.15, 0.2) is 54.3 Å². The number of rotatable bonds is 12. The van der Waals surface area contributed by atoms with Crippen molar-refractivity contribution in [1.82, 2.24) is 0 Å². The molecule has 2 atom stereocenters. The SMILES string of the molecule is CO/C(=C/CCCc1ccccc1)[C@@H]1CCCC1C/C=C\CCC(O)(O)C(N)=O. The van der Waals surface area contributed by atoms with Gasteiger partial charge in [0.1, 0.15) is 0 Å². The summed E-state index contributed by atoms with van der Waals surface area (Å²) < 4.78 is 5.73. The molecule has 5 nitrogen and oxygen atoms in total. The Labute approximate surface area is 174 Å². The summed E-state index contributed by atoms with van der Waals surface area (Å²) in [6.45, 7) is 0. The van der Waals surface area contributed by atoms with E-state index in [0.29, 0.717) is 18.3 Å². The quantitative estimate of drug-likeness (QED) is 0.215. The van der Waals surface area contributed by atoms with E-state index in [2.05, 4.69) is 36.4 Å². The summed E-state index contributed by atoms with van der Waals surface area (Å²) in [5.74, 6) is -1.44. The van der Waals surface area contributed by atoms with Gasteiger partial charge in [0, 0.05) is 12.3 Å². The van der Waals surface area contributed by atoms with Crippen LogP contribution in [-0.4, -0.2) is 29.0 Å². The van der Waals surface area contributed by atoms with E-state index in [1.54, 1.807) is 7.11 Å². The molecule has 1 aliphatic rings. The molecule has 2 rings (SSSR count). The highest BCUT2D eigenvalue weighted by molar-refractivity contribution is 5.81. The maximum Gasteiger partial charge on any atom is 0.277 e. The van der Waals surface area contributed by atoms with Crippen molar-refractivity contribution in [3.8, 4) is 0 Å². The predicted molar refractivity (Wildman–Crippen MR) is 115 cm³/mol. The number of carbonyl (C=O) groups excluding carboxylic acids is 1. The van der Waals surface area contributed by atoms with Crippen molar-refractivity contribution in [3.63, 3.8) is 0 Å². The molecule has 160 valence electrons. The number of aryl methyl sites for hydroxylation is 1. The van der Waals surface area contributed by atoms with Crippen LogP contribution in [-0.2, 0) is 16.0 Å². The van der Waals surface area contributed by atoms with Crippen LogP contribution >= 0.6 is 0 Å². The van der Waals surface area contributed by atoms with E-state index < -0.39 is 11.7 Å². The van der Waals surface area contributed by atoms with Crippen molar-refractivity contribution >= 4 is 5.91 Å². The van der Waals surface area contributed by atoms with Crippen molar-refractivity contribution in [2.45, 2.75) is 63.6 Å². The number of ether oxygens (including phenoxy) is 1. The number of nitrogens with two attached hydrogens (primary N) is 1. The highest BCUT2D eigenvalue weighted by atomic mass is 16.5. The number of allylic oxidation sites excluding steroid dienone is 4. The molecule has 29 heavy (non-hydrogen) atoms. The van der Waals surface area contributed by atoms with E-state index in [1.807, 2.05) is 12.1 Å². The van der Waals surface area contributed by atoms with E-state index in [-0.39, 0.29) is 6.42 Å². The molecule has 1 amide bonds. The van der Waals surface area contributed by atoms with Gasteiger partial charge in [0.25, 0.3) is 5.91 Å². The molecule has 1 aromatic carbocycles. The van der Waals surface area contributed by atoms with Gasteiger partial charge in [-0.15, -0.1) is 0 Å². The summed E-state index contributed by atoms with van der Waals surface area (Å²) in [7, 11) is 1.76. The molecule has 5 heteroatoms. The molecule has 0 bridgehead atoms. The zero-order valence-electron chi connectivity index (χ0n) is 17.4. The van der Waals surface area contributed by atoms with Gasteiger partial charge in [0.05, 0.1) is 12.9 Å². The Kier molecular flexibility index (Phi) is 9.42. The van der Waals surface area contributed by atoms with Crippen LogP contribution in [0.4, 0.5) is 0 Å². The number of carbonyl (C=O) groups is 1. The second kappa shape index (κ2) is 11.8. The van der Waals surface area contributed by atoms with Crippen LogP contribution in [0.3, 0.4) is 0 Å². The number of aliphatic hydroxyl groups is 2. The Bertz CT molecular complexity index is 681. The van der Waals surface area contributed by atoms with Crippen molar-refractivity contribution in [3.05, 3.63) is 59.9 Å². The zero-order valence-corrected chi connectivity index (χ0v) is 17.4. The fourth-order valence-corrected chi connectivity index (χ4v) is 4.07. The topological polar surface area (TPSA) is 92.8 Å². The number of hydrogen-bond donors (Lipinski definition) is 3. The van der Waals surface area contributed by atoms with Crippen LogP contribution in [0.1, 0.15) is 56.9 Å². The van der Waals surface area contributed by atoms with Gasteiger partial charge in [0.2, 0.25) is 5.79 Å². The summed E-state index contributed by atoms with van der Waals surface area (Å²) in [6, 6.07) is 10.5. The molecule has 1 unspecified atom stereocenters. The van der Waals surface area contributed by atoms with Gasteiger partial charge in [-0.05, 0) is 62.5 Å². The highest BCUT2D eigenvalue weighted by Gasteiger charge is 2.30. The number of benzene rings is 1. The van der Waals surface area contributed by atoms with Gasteiger partial charge in [-0.2, -0.15) is 0 Å². The number of amides is 1. The highest BCUT2D eigenvalue weighted by Crippen LogP contribution is 2.39. The summed E-state index contributed by atoms with van der Waals surface area (Å²) in [6.07, 6.45) is 14.2. The minimum Gasteiger partial charge on any atom is -0.501 e. The lowest BCUT2D eigenvalue weighted by molar-refractivity contribution is -0.183. The third-order valence-corrected chi connectivity index (χ3v) is 5.78. The molecule has 0 saturated heterocycles. The van der Waals surface area contributed by atoms with Crippen LogP contribution in [0, 0.1) is 11.8 Å². The lowest BCUT2D eigenvalue weighted by atomic mass is 9.90. The molecule has 1 aliphatic carbocycles. The molecule has 0 aliphatic heterocycles. The Morgan fingerprint density at radius 1 is 1.21 bits per heavy atom. The lowest BCUT2D eigenvalue weighted by Crippen LogP contribution is -2.43. The maximum absolute atomic E-state index is 10.9. The maximum atomic E-state index is 10.9. The number of methoxy groups -OCH3 is 1. The number of unbranched alkanes of at least 4 members (excludes halogenated alkanes) is 1. The lowest BCUT2D eigenvalue weighted by Gasteiger charge is -2.21. The fraction of sp³-hybridized carbons (Fsp3) is 0.542. The first-order valence-electron chi connectivity index (χ1n) is 10.6. The molecule has 0 radical (unpaired) electrons. The van der Waals surface area contributed by atoms with Crippen molar-refractivity contribution < 1.29 is 19.7 Å². The first-order valence-corrected chi connectivity index (χ1v) is 10.6. The van der Waals surface area contributed by atoms with Gasteiger partial charge in [-0.1, -0.05) is 48.9 Å². The largest absolute Gasteiger partial charge is 0.501 e. The third kappa shape index (κ3) is 7.67. The third-order valence-electron chi connectivity index (χ3n) is 5.78. The van der Waals surface area contributed by atoms with Gasteiger partial charge >= 0.3 is 0 Å². The molecular formula is C24H35NO4. The van der Waals surface area contributed by atoms with Crippen LogP contribution < -0.4 is 5.73 Å². The Morgan fingerprint density at radius 2 is 1.97 bits per heavy atom. The monoisotopic (exact) mass is 401 g/mol. The number of primary amides is 1. The standard InChI is InChI=1S/C24H35NO4/c1-29-22(17-8-7-13-19-11-4-2-5-12-19)21-16-10-15-20(21)14-6-3-9-18-24(27,28)23(25)26/h2-6,11-12,17,20-21,27-28H,7-10,13-16,18H2,1H3,(H2,25,26)/b6-3-,22-17+/t20?,21-/m1/s1. The first kappa shape index (κ1) is 23.2. The molecule has 0 spiro atoms. The second-order valence-corrected chi connectivity index (χ2v) is 7.91. The Morgan fingerprint density at radius 3 is 2.66 bits per heavy atom. The zero-order chi connectivity index (χ0) is 21.1. The molecule has 1 fully saturated rings. The van der Waals surface area contributed by atoms with Gasteiger partial charge < -0.3 is 20.7 Å². The van der Waals surface area contributed by atoms with Crippen molar-refractivity contribution in [2.24, 2.45) is 17.6 Å². The van der Waals surface area contributed by atoms with E-state index in [4.69, 9.17) is 10.5 Å². The minimum absolute atomic E-state index is 0.0857. The van der Waals surface area contributed by atoms with Crippen LogP contribution in [0.2, 0.25) is 0 Å². The molecule has 0 heterocycles. The molecule has 4 N–H and O–H groups in total. The number of hydrogen-bond acceptors (Lipinski definition) is 4. The second-order valence-electron chi connectivity index (χ2n) is 7.91. The molecule has 1 saturated carbocycles. The first-order chi connectivity index (χ1) is 13.9. The summed E-state index contributed by atoms with van der Waals surface area (Å²) >= 11 is 0. The predicted octanol–water partition coefficient (Wildman–Crippen LogP) is 3.85. The van der Waals surface area contributed by atoms with Gasteiger partial charge in [-0.25, -0.2) is 0 Å². The van der Waals surface area contributed by atoms with Gasteiger partial charge in [0.15, 0.2) is 0 Å². The Hall–Kier alpha value is -2.11. The van der Waals surface area contributed by atoms with Crippen molar-refractivity contribution in [2.75, 3.05) is 7.11 Å². The summed E-state index contributed by atoms with van der Waals surface area (Å²) in [4.78, 5) is 10.9. The smallest absolute Gasteiger partial charge is 0.277 e. The van der Waals surface area contributed by atoms with E-state index in [1.165, 1.54) is 18.4 Å². The van der Waals surface area contributed by atoms with Crippen LogP contribution in [0.25, 0.3) is 0 Å².